The number of carbonyl (C=O) groups excluding carboxylic acids is 2. The monoisotopic (exact) mass is 213 g/mol. The van der Waals surface area contributed by atoms with Crippen LogP contribution in [0.3, 0.4) is 0 Å². The molecule has 1 aliphatic carbocycles. The third-order valence-electron chi connectivity index (χ3n) is 2.87. The zero-order valence-electron chi connectivity index (χ0n) is 8.49. The third-order valence-corrected chi connectivity index (χ3v) is 2.87. The topological polar surface area (TPSA) is 84.7 Å². The van der Waals surface area contributed by atoms with E-state index in [1.165, 1.54) is 0 Å². The first kappa shape index (κ1) is 10.2. The fourth-order valence-corrected chi connectivity index (χ4v) is 1.61. The number of rotatable bonds is 2. The van der Waals surface area contributed by atoms with Crippen LogP contribution >= 0.6 is 0 Å². The zero-order valence-corrected chi connectivity index (χ0v) is 8.49. The highest BCUT2D eigenvalue weighted by atomic mass is 16.5. The van der Waals surface area contributed by atoms with Gasteiger partial charge in [-0.25, -0.2) is 4.79 Å². The average Bonchev–Trinajstić information content (AvgIpc) is 3.00. The maximum absolute atomic E-state index is 11.7. The number of amides is 3. The van der Waals surface area contributed by atoms with E-state index in [0.29, 0.717) is 39.1 Å². The SMILES string of the molecule is NC(=O)C1(NC(=O)N2CCOCC2)CC1. The van der Waals surface area contributed by atoms with E-state index in [1.54, 1.807) is 4.90 Å². The van der Waals surface area contributed by atoms with E-state index in [0.717, 1.165) is 0 Å². The van der Waals surface area contributed by atoms with Gasteiger partial charge in [0, 0.05) is 13.1 Å². The number of ether oxygens (including phenoxy) is 1. The predicted molar refractivity (Wildman–Crippen MR) is 52.1 cm³/mol. The lowest BCUT2D eigenvalue weighted by Crippen LogP contribution is -2.54. The molecular weight excluding hydrogens is 198 g/mol. The normalized spacial score (nSPS) is 23.3. The molecule has 6 heteroatoms. The maximum atomic E-state index is 11.7. The van der Waals surface area contributed by atoms with E-state index in [1.807, 2.05) is 0 Å². The molecule has 1 aliphatic heterocycles. The lowest BCUT2D eigenvalue weighted by Gasteiger charge is -2.28. The largest absolute Gasteiger partial charge is 0.378 e. The molecule has 3 amide bonds. The molecule has 3 N–H and O–H groups in total. The van der Waals surface area contributed by atoms with Crippen molar-refractivity contribution in [3.05, 3.63) is 0 Å². The molecule has 1 saturated carbocycles. The number of nitrogens with zero attached hydrogens (tertiary/aromatic N) is 1. The minimum Gasteiger partial charge on any atom is -0.378 e. The van der Waals surface area contributed by atoms with E-state index < -0.39 is 11.4 Å². The zero-order chi connectivity index (χ0) is 10.9. The van der Waals surface area contributed by atoms with Crippen LogP contribution in [0.5, 0.6) is 0 Å². The summed E-state index contributed by atoms with van der Waals surface area (Å²) in [5.41, 5.74) is 4.45. The quantitative estimate of drug-likeness (QED) is 0.620. The van der Waals surface area contributed by atoms with E-state index in [2.05, 4.69) is 5.32 Å². The van der Waals surface area contributed by atoms with Crippen molar-refractivity contribution in [1.29, 1.82) is 0 Å². The number of carbonyl (C=O) groups is 2. The van der Waals surface area contributed by atoms with Gasteiger partial charge in [0.1, 0.15) is 5.54 Å². The summed E-state index contributed by atoms with van der Waals surface area (Å²) in [6.07, 6.45) is 1.30. The molecule has 84 valence electrons. The molecule has 2 aliphatic rings. The Labute approximate surface area is 87.7 Å². The van der Waals surface area contributed by atoms with Gasteiger partial charge in [-0.1, -0.05) is 0 Å². The van der Waals surface area contributed by atoms with Gasteiger partial charge in [0.15, 0.2) is 0 Å². The standard InChI is InChI=1S/C9H15N3O3/c10-7(13)9(1-2-9)11-8(14)12-3-5-15-6-4-12/h1-6H2,(H2,10,13)(H,11,14). The second-order valence-electron chi connectivity index (χ2n) is 3.98. The van der Waals surface area contributed by atoms with Crippen LogP contribution in [0.2, 0.25) is 0 Å². The highest BCUT2D eigenvalue weighted by Crippen LogP contribution is 2.34. The molecule has 0 atom stereocenters. The van der Waals surface area contributed by atoms with E-state index in [-0.39, 0.29) is 6.03 Å². The number of nitrogens with one attached hydrogen (secondary N) is 1. The van der Waals surface area contributed by atoms with Gasteiger partial charge >= 0.3 is 6.03 Å². The highest BCUT2D eigenvalue weighted by Gasteiger charge is 2.50. The summed E-state index contributed by atoms with van der Waals surface area (Å²) >= 11 is 0. The molecule has 0 unspecified atom stereocenters. The molecule has 6 nitrogen and oxygen atoms in total. The molecular formula is C9H15N3O3. The fraction of sp³-hybridized carbons (Fsp3) is 0.778. The summed E-state index contributed by atoms with van der Waals surface area (Å²) in [6, 6.07) is -0.213. The van der Waals surface area contributed by atoms with Crippen LogP contribution in [0, 0.1) is 0 Å². The summed E-state index contributed by atoms with van der Waals surface area (Å²) in [5.74, 6) is -0.441. The van der Waals surface area contributed by atoms with Crippen molar-refractivity contribution in [2.24, 2.45) is 5.73 Å². The maximum Gasteiger partial charge on any atom is 0.318 e. The van der Waals surface area contributed by atoms with Crippen molar-refractivity contribution in [2.45, 2.75) is 18.4 Å². The second kappa shape index (κ2) is 3.69. The lowest BCUT2D eigenvalue weighted by atomic mass is 10.2. The Hall–Kier alpha value is -1.30. The van der Waals surface area contributed by atoms with Crippen LogP contribution in [0.4, 0.5) is 4.79 Å². The van der Waals surface area contributed by atoms with E-state index in [4.69, 9.17) is 10.5 Å². The number of urea groups is 1. The molecule has 0 spiro atoms. The van der Waals surface area contributed by atoms with Crippen LogP contribution in [-0.4, -0.2) is 48.7 Å². The van der Waals surface area contributed by atoms with Crippen molar-refractivity contribution >= 4 is 11.9 Å². The lowest BCUT2D eigenvalue weighted by molar-refractivity contribution is -0.120. The minimum absolute atomic E-state index is 0.213. The number of hydrogen-bond acceptors (Lipinski definition) is 3. The summed E-state index contributed by atoms with van der Waals surface area (Å²) < 4.78 is 5.13. The average molecular weight is 213 g/mol. The summed E-state index contributed by atoms with van der Waals surface area (Å²) in [4.78, 5) is 24.4. The van der Waals surface area contributed by atoms with Crippen LogP contribution in [0.15, 0.2) is 0 Å². The molecule has 1 heterocycles. The van der Waals surface area contributed by atoms with E-state index in [9.17, 15) is 9.59 Å². The number of primary amides is 1. The van der Waals surface area contributed by atoms with Crippen molar-refractivity contribution in [1.82, 2.24) is 10.2 Å². The van der Waals surface area contributed by atoms with Gasteiger partial charge in [-0.05, 0) is 12.8 Å². The molecule has 15 heavy (non-hydrogen) atoms. The van der Waals surface area contributed by atoms with Gasteiger partial charge in [-0.3, -0.25) is 4.79 Å². The third kappa shape index (κ3) is 2.04. The van der Waals surface area contributed by atoms with Crippen LogP contribution in [0.1, 0.15) is 12.8 Å². The number of hydrogen-bond donors (Lipinski definition) is 2. The van der Waals surface area contributed by atoms with Crippen LogP contribution in [-0.2, 0) is 9.53 Å². The van der Waals surface area contributed by atoms with Crippen molar-refractivity contribution in [2.75, 3.05) is 26.3 Å². The Bertz CT molecular complexity index is 282. The Morgan fingerprint density at radius 2 is 1.87 bits per heavy atom. The number of nitrogens with two attached hydrogens (primary N) is 1. The number of morpholine rings is 1. The molecule has 0 radical (unpaired) electrons. The summed E-state index contributed by atoms with van der Waals surface area (Å²) in [6.45, 7) is 2.25. The van der Waals surface area contributed by atoms with Gasteiger partial charge in [0.2, 0.25) is 5.91 Å². The Morgan fingerprint density at radius 3 is 2.33 bits per heavy atom. The molecule has 2 rings (SSSR count). The Balaban J connectivity index is 1.89. The van der Waals surface area contributed by atoms with Gasteiger partial charge in [-0.15, -0.1) is 0 Å². The molecule has 0 bridgehead atoms. The summed E-state index contributed by atoms with van der Waals surface area (Å²) in [5, 5.41) is 2.69. The highest BCUT2D eigenvalue weighted by molar-refractivity contribution is 5.92. The van der Waals surface area contributed by atoms with Gasteiger partial charge in [0.05, 0.1) is 13.2 Å². The predicted octanol–water partition coefficient (Wildman–Crippen LogP) is -0.954. The molecule has 0 aromatic carbocycles. The van der Waals surface area contributed by atoms with E-state index >= 15 is 0 Å². The first-order chi connectivity index (χ1) is 7.14. The van der Waals surface area contributed by atoms with Gasteiger partial charge < -0.3 is 20.7 Å². The fourth-order valence-electron chi connectivity index (χ4n) is 1.61. The molecule has 2 fully saturated rings. The van der Waals surface area contributed by atoms with Crippen LogP contribution in [0.25, 0.3) is 0 Å². The minimum atomic E-state index is -0.768. The smallest absolute Gasteiger partial charge is 0.318 e. The second-order valence-corrected chi connectivity index (χ2v) is 3.98. The molecule has 1 saturated heterocycles. The van der Waals surface area contributed by atoms with Crippen molar-refractivity contribution in [3.8, 4) is 0 Å². The van der Waals surface area contributed by atoms with Crippen LogP contribution < -0.4 is 11.1 Å². The summed E-state index contributed by atoms with van der Waals surface area (Å²) in [7, 11) is 0. The van der Waals surface area contributed by atoms with Gasteiger partial charge in [0.25, 0.3) is 0 Å². The van der Waals surface area contributed by atoms with Crippen molar-refractivity contribution in [3.63, 3.8) is 0 Å². The first-order valence-corrected chi connectivity index (χ1v) is 5.09. The van der Waals surface area contributed by atoms with Crippen molar-refractivity contribution < 1.29 is 14.3 Å². The Morgan fingerprint density at radius 1 is 1.27 bits per heavy atom. The molecule has 0 aromatic rings. The first-order valence-electron chi connectivity index (χ1n) is 5.09. The Kier molecular flexibility index (Phi) is 2.52. The van der Waals surface area contributed by atoms with Gasteiger partial charge in [-0.2, -0.15) is 0 Å². The molecule has 0 aromatic heterocycles.